The maximum Gasteiger partial charge on any atom is 0.118 e. The summed E-state index contributed by atoms with van der Waals surface area (Å²) < 4.78 is 4.87. The van der Waals surface area contributed by atoms with Crippen molar-refractivity contribution in [3.05, 3.63) is 36.6 Å². The molecular weight excluding hydrogens is 124 g/mol. The van der Waals surface area contributed by atoms with Crippen LogP contribution in [-0.2, 0) is 4.74 Å². The van der Waals surface area contributed by atoms with E-state index in [4.69, 9.17) is 11.2 Å². The third-order valence-electron chi connectivity index (χ3n) is 0.890. The van der Waals surface area contributed by atoms with Gasteiger partial charge in [0.1, 0.15) is 5.76 Å². The Bertz CT molecular complexity index is 191. The van der Waals surface area contributed by atoms with Crippen LogP contribution in [-0.4, -0.2) is 7.11 Å². The highest BCUT2D eigenvalue weighted by atomic mass is 16.5. The molecule has 52 valence electrons. The second-order valence-electron chi connectivity index (χ2n) is 1.50. The molecule has 0 atom stereocenters. The van der Waals surface area contributed by atoms with Crippen LogP contribution in [0.5, 0.6) is 0 Å². The summed E-state index contributed by atoms with van der Waals surface area (Å²) in [4.78, 5) is 0. The quantitative estimate of drug-likeness (QED) is 0.325. The molecular formula is C9H10O. The Morgan fingerprint density at radius 2 is 2.40 bits per heavy atom. The van der Waals surface area contributed by atoms with Gasteiger partial charge in [-0.05, 0) is 18.2 Å². The van der Waals surface area contributed by atoms with E-state index in [1.54, 1.807) is 31.4 Å². The lowest BCUT2D eigenvalue weighted by Crippen LogP contribution is -1.77. The lowest BCUT2D eigenvalue weighted by atomic mass is 10.4. The summed E-state index contributed by atoms with van der Waals surface area (Å²) in [6.45, 7) is 3.53. The van der Waals surface area contributed by atoms with Crippen molar-refractivity contribution in [1.29, 1.82) is 0 Å². The normalized spacial score (nSPS) is 11.0. The predicted molar refractivity (Wildman–Crippen MR) is 43.3 cm³/mol. The van der Waals surface area contributed by atoms with Gasteiger partial charge in [-0.25, -0.2) is 0 Å². The summed E-state index contributed by atoms with van der Waals surface area (Å²) in [7, 11) is 1.58. The number of rotatable bonds is 3. The van der Waals surface area contributed by atoms with Gasteiger partial charge in [-0.1, -0.05) is 18.6 Å². The van der Waals surface area contributed by atoms with Crippen LogP contribution in [0.4, 0.5) is 0 Å². The van der Waals surface area contributed by atoms with Crippen LogP contribution in [0.1, 0.15) is 0 Å². The SMILES string of the molecule is C#C/C=C/C=C(\C=C)OC. The Kier molecular flexibility index (Phi) is 4.90. The molecule has 10 heavy (non-hydrogen) atoms. The number of hydrogen-bond acceptors (Lipinski definition) is 1. The van der Waals surface area contributed by atoms with Gasteiger partial charge in [0.25, 0.3) is 0 Å². The standard InChI is InChI=1S/C9H10O/c1-4-6-7-8-9(5-2)10-3/h1,5-8H,2H2,3H3/b7-6+,9-8+. The lowest BCUT2D eigenvalue weighted by Gasteiger charge is -1.94. The van der Waals surface area contributed by atoms with Crippen molar-refractivity contribution < 1.29 is 4.74 Å². The fourth-order valence-corrected chi connectivity index (χ4v) is 0.418. The third kappa shape index (κ3) is 3.57. The molecule has 0 N–H and O–H groups in total. The molecule has 1 heteroatoms. The van der Waals surface area contributed by atoms with Crippen molar-refractivity contribution in [2.75, 3.05) is 7.11 Å². The zero-order valence-electron chi connectivity index (χ0n) is 6.00. The van der Waals surface area contributed by atoms with Crippen molar-refractivity contribution >= 4 is 0 Å². The first kappa shape index (κ1) is 8.58. The topological polar surface area (TPSA) is 9.23 Å². The maximum absolute atomic E-state index is 4.96. The van der Waals surface area contributed by atoms with E-state index in [0.717, 1.165) is 0 Å². The molecule has 0 rings (SSSR count). The Hall–Kier alpha value is -1.42. The van der Waals surface area contributed by atoms with Crippen LogP contribution >= 0.6 is 0 Å². The molecule has 0 heterocycles. The van der Waals surface area contributed by atoms with Crippen LogP contribution in [0.3, 0.4) is 0 Å². The van der Waals surface area contributed by atoms with Gasteiger partial charge < -0.3 is 4.74 Å². The van der Waals surface area contributed by atoms with Gasteiger partial charge in [0.05, 0.1) is 7.11 Å². The van der Waals surface area contributed by atoms with E-state index in [9.17, 15) is 0 Å². The average molecular weight is 134 g/mol. The highest BCUT2D eigenvalue weighted by Gasteiger charge is 1.80. The van der Waals surface area contributed by atoms with E-state index in [1.807, 2.05) is 0 Å². The number of hydrogen-bond donors (Lipinski definition) is 0. The van der Waals surface area contributed by atoms with E-state index in [2.05, 4.69) is 12.5 Å². The second-order valence-corrected chi connectivity index (χ2v) is 1.50. The van der Waals surface area contributed by atoms with Crippen molar-refractivity contribution in [1.82, 2.24) is 0 Å². The van der Waals surface area contributed by atoms with Crippen molar-refractivity contribution in [2.45, 2.75) is 0 Å². The number of methoxy groups -OCH3 is 1. The first-order chi connectivity index (χ1) is 4.85. The molecule has 0 saturated heterocycles. The van der Waals surface area contributed by atoms with Gasteiger partial charge in [-0.15, -0.1) is 6.42 Å². The Labute approximate surface area is 61.7 Å². The van der Waals surface area contributed by atoms with E-state index in [-0.39, 0.29) is 0 Å². The zero-order valence-corrected chi connectivity index (χ0v) is 6.00. The molecule has 0 saturated carbocycles. The van der Waals surface area contributed by atoms with Crippen LogP contribution in [0.2, 0.25) is 0 Å². The lowest BCUT2D eigenvalue weighted by molar-refractivity contribution is 0.307. The summed E-state index contributed by atoms with van der Waals surface area (Å²) in [6.07, 6.45) is 11.6. The number of allylic oxidation sites excluding steroid dienone is 4. The van der Waals surface area contributed by atoms with Crippen LogP contribution in [0, 0.1) is 12.3 Å². The largest absolute Gasteiger partial charge is 0.497 e. The molecule has 0 aromatic heterocycles. The Morgan fingerprint density at radius 1 is 1.70 bits per heavy atom. The molecule has 0 aliphatic rings. The molecule has 0 radical (unpaired) electrons. The second kappa shape index (κ2) is 5.71. The number of ether oxygens (including phenoxy) is 1. The summed E-state index contributed by atoms with van der Waals surface area (Å²) in [5.41, 5.74) is 0. The van der Waals surface area contributed by atoms with Gasteiger partial charge in [0.15, 0.2) is 0 Å². The van der Waals surface area contributed by atoms with Crippen molar-refractivity contribution in [3.63, 3.8) is 0 Å². The van der Waals surface area contributed by atoms with Gasteiger partial charge in [0, 0.05) is 0 Å². The minimum Gasteiger partial charge on any atom is -0.497 e. The molecule has 0 amide bonds. The average Bonchev–Trinajstić information content (AvgIpc) is 1.99. The molecule has 0 fully saturated rings. The van der Waals surface area contributed by atoms with E-state index in [0.29, 0.717) is 5.76 Å². The summed E-state index contributed by atoms with van der Waals surface area (Å²) >= 11 is 0. The molecule has 0 unspecified atom stereocenters. The molecule has 0 bridgehead atoms. The smallest absolute Gasteiger partial charge is 0.118 e. The van der Waals surface area contributed by atoms with Crippen LogP contribution < -0.4 is 0 Å². The zero-order chi connectivity index (χ0) is 7.82. The molecule has 0 aromatic carbocycles. The maximum atomic E-state index is 4.96. The highest BCUT2D eigenvalue weighted by Crippen LogP contribution is 1.94. The van der Waals surface area contributed by atoms with E-state index >= 15 is 0 Å². The van der Waals surface area contributed by atoms with Crippen molar-refractivity contribution in [3.8, 4) is 12.3 Å². The summed E-state index contributed by atoms with van der Waals surface area (Å²) in [5.74, 6) is 3.06. The third-order valence-corrected chi connectivity index (χ3v) is 0.890. The predicted octanol–water partition coefficient (Wildman–Crippen LogP) is 1.89. The fourth-order valence-electron chi connectivity index (χ4n) is 0.418. The van der Waals surface area contributed by atoms with Crippen LogP contribution in [0.25, 0.3) is 0 Å². The Morgan fingerprint density at radius 3 is 2.80 bits per heavy atom. The van der Waals surface area contributed by atoms with E-state index < -0.39 is 0 Å². The van der Waals surface area contributed by atoms with E-state index in [1.165, 1.54) is 0 Å². The van der Waals surface area contributed by atoms with Gasteiger partial charge in [-0.3, -0.25) is 0 Å². The van der Waals surface area contributed by atoms with Crippen LogP contribution in [0.15, 0.2) is 36.6 Å². The molecule has 0 aliphatic carbocycles. The van der Waals surface area contributed by atoms with Gasteiger partial charge in [0.2, 0.25) is 0 Å². The fraction of sp³-hybridized carbons (Fsp3) is 0.111. The molecule has 0 aliphatic heterocycles. The molecule has 0 spiro atoms. The monoisotopic (exact) mass is 134 g/mol. The Balaban J connectivity index is 4.01. The summed E-state index contributed by atoms with van der Waals surface area (Å²) in [6, 6.07) is 0. The first-order valence-electron chi connectivity index (χ1n) is 2.84. The number of terminal acetylenes is 1. The molecule has 1 nitrogen and oxygen atoms in total. The highest BCUT2D eigenvalue weighted by molar-refractivity contribution is 5.21. The van der Waals surface area contributed by atoms with Gasteiger partial charge in [-0.2, -0.15) is 0 Å². The summed E-state index contributed by atoms with van der Waals surface area (Å²) in [5, 5.41) is 0. The van der Waals surface area contributed by atoms with Gasteiger partial charge >= 0.3 is 0 Å². The first-order valence-corrected chi connectivity index (χ1v) is 2.84. The van der Waals surface area contributed by atoms with Crippen molar-refractivity contribution in [2.24, 2.45) is 0 Å². The minimum atomic E-state index is 0.700. The minimum absolute atomic E-state index is 0.700. The molecule has 0 aromatic rings.